The van der Waals surface area contributed by atoms with Crippen molar-refractivity contribution in [3.8, 4) is 0 Å². The minimum absolute atomic E-state index is 0.000256. The molecule has 1 aliphatic rings. The molecule has 0 radical (unpaired) electrons. The number of benzene rings is 1. The summed E-state index contributed by atoms with van der Waals surface area (Å²) in [6, 6.07) is 6.19. The molecular weight excluding hydrogens is 571 g/mol. The van der Waals surface area contributed by atoms with Crippen LogP contribution in [-0.4, -0.2) is 41.9 Å². The van der Waals surface area contributed by atoms with Gasteiger partial charge in [-0.2, -0.15) is 8.42 Å². The molecule has 1 saturated carbocycles. The molecule has 1 unspecified atom stereocenters. The number of aliphatic hydroxyl groups excluding tert-OH is 1. The molecule has 4 rings (SSSR count). The Hall–Kier alpha value is -1.83. The number of carbonyl (C=O) groups is 1. The van der Waals surface area contributed by atoms with Crippen LogP contribution in [0.4, 0.5) is 5.82 Å². The lowest BCUT2D eigenvalue weighted by Gasteiger charge is -2.15. The molecule has 14 heteroatoms. The molecule has 1 fully saturated rings. The van der Waals surface area contributed by atoms with E-state index in [1.165, 1.54) is 18.6 Å². The normalized spacial score (nSPS) is 18.8. The van der Waals surface area contributed by atoms with Crippen LogP contribution in [0.5, 0.6) is 0 Å². The van der Waals surface area contributed by atoms with Gasteiger partial charge in [0, 0.05) is 33.4 Å². The Kier molecular flexibility index (Phi) is 8.52. The highest BCUT2D eigenvalue weighted by atomic mass is 35.5. The first-order valence-corrected chi connectivity index (χ1v) is 14.1. The van der Waals surface area contributed by atoms with Crippen molar-refractivity contribution in [1.82, 2.24) is 9.97 Å². The highest BCUT2D eigenvalue weighted by Gasteiger charge is 2.29. The molecule has 1 aliphatic carbocycles. The molecule has 36 heavy (non-hydrogen) atoms. The zero-order valence-corrected chi connectivity index (χ0v) is 22.4. The summed E-state index contributed by atoms with van der Waals surface area (Å²) in [5.74, 6) is -0.0226. The topological polar surface area (TPSA) is 144 Å². The zero-order chi connectivity index (χ0) is 26.0. The van der Waals surface area contributed by atoms with E-state index in [2.05, 4.69) is 15.3 Å². The predicted octanol–water partition coefficient (Wildman–Crippen LogP) is 4.61. The number of rotatable bonds is 9. The summed E-state index contributed by atoms with van der Waals surface area (Å²) < 4.78 is 27.0. The van der Waals surface area contributed by atoms with Gasteiger partial charge >= 0.3 is 10.3 Å². The molecule has 3 atom stereocenters. The van der Waals surface area contributed by atoms with Crippen LogP contribution < -0.4 is 10.5 Å². The summed E-state index contributed by atoms with van der Waals surface area (Å²) >= 11 is 19.7. The van der Waals surface area contributed by atoms with Crippen LogP contribution in [0, 0.1) is 5.92 Å². The molecule has 4 N–H and O–H groups in total. The highest BCUT2D eigenvalue weighted by molar-refractivity contribution is 7.84. The smallest absolute Gasteiger partial charge is 0.333 e. The summed E-state index contributed by atoms with van der Waals surface area (Å²) in [4.78, 5) is 21.9. The van der Waals surface area contributed by atoms with Gasteiger partial charge in [0.1, 0.15) is 18.2 Å². The summed E-state index contributed by atoms with van der Waals surface area (Å²) in [5, 5.41) is 19.8. The van der Waals surface area contributed by atoms with Gasteiger partial charge in [-0.1, -0.05) is 34.8 Å². The summed E-state index contributed by atoms with van der Waals surface area (Å²) in [5.41, 5.74) is 0.936. The molecule has 9 nitrogen and oxygen atoms in total. The maximum absolute atomic E-state index is 13.4. The number of halogens is 3. The Balaban J connectivity index is 1.51. The van der Waals surface area contributed by atoms with E-state index in [1.54, 1.807) is 18.2 Å². The first kappa shape index (κ1) is 27.2. The van der Waals surface area contributed by atoms with Crippen molar-refractivity contribution in [2.24, 2.45) is 11.1 Å². The second kappa shape index (κ2) is 11.3. The van der Waals surface area contributed by atoms with Crippen molar-refractivity contribution in [2.45, 2.75) is 31.4 Å². The monoisotopic (exact) mass is 590 g/mol. The number of hydrogen-bond acceptors (Lipinski definition) is 9. The lowest BCUT2D eigenvalue weighted by molar-refractivity contribution is 0.104. The lowest BCUT2D eigenvalue weighted by Crippen LogP contribution is -2.22. The van der Waals surface area contributed by atoms with Crippen molar-refractivity contribution in [2.75, 3.05) is 11.9 Å². The number of thiophene rings is 1. The van der Waals surface area contributed by atoms with Crippen LogP contribution in [0.3, 0.4) is 0 Å². The minimum atomic E-state index is -3.99. The number of carbonyl (C=O) groups excluding carboxylic acids is 1. The summed E-state index contributed by atoms with van der Waals surface area (Å²) in [6.45, 7) is 0.00200. The second-order valence-corrected chi connectivity index (χ2v) is 12.0. The van der Waals surface area contributed by atoms with Gasteiger partial charge in [-0.3, -0.25) is 8.98 Å². The Morgan fingerprint density at radius 1 is 1.25 bits per heavy atom. The van der Waals surface area contributed by atoms with Gasteiger partial charge < -0.3 is 10.4 Å². The molecule has 0 spiro atoms. The van der Waals surface area contributed by atoms with Crippen LogP contribution >= 0.6 is 46.1 Å². The third kappa shape index (κ3) is 6.53. The van der Waals surface area contributed by atoms with E-state index in [9.17, 15) is 18.3 Å². The van der Waals surface area contributed by atoms with Gasteiger partial charge in [0.25, 0.3) is 0 Å². The number of nitrogens with one attached hydrogen (secondary N) is 1. The first-order chi connectivity index (χ1) is 17.0. The van der Waals surface area contributed by atoms with E-state index >= 15 is 0 Å². The number of anilines is 1. The van der Waals surface area contributed by atoms with Crippen molar-refractivity contribution >= 4 is 68.0 Å². The Bertz CT molecular complexity index is 1390. The van der Waals surface area contributed by atoms with Gasteiger partial charge in [-0.05, 0) is 49.4 Å². The molecule has 1 aromatic carbocycles. The molecule has 0 amide bonds. The van der Waals surface area contributed by atoms with Crippen LogP contribution in [0.15, 0.2) is 36.8 Å². The largest absolute Gasteiger partial charge is 0.384 e. The van der Waals surface area contributed by atoms with Gasteiger partial charge in [0.15, 0.2) is 0 Å². The number of aromatic nitrogens is 2. The van der Waals surface area contributed by atoms with E-state index in [0.717, 1.165) is 24.2 Å². The molecular formula is C22H21Cl3N4O5S2. The maximum atomic E-state index is 13.4. The van der Waals surface area contributed by atoms with E-state index < -0.39 is 16.4 Å². The van der Waals surface area contributed by atoms with E-state index in [0.29, 0.717) is 33.4 Å². The Morgan fingerprint density at radius 2 is 2.03 bits per heavy atom. The summed E-state index contributed by atoms with van der Waals surface area (Å²) in [6.07, 6.45) is 3.64. The molecule has 0 aliphatic heterocycles. The van der Waals surface area contributed by atoms with E-state index in [4.69, 9.17) is 44.1 Å². The molecule has 2 aromatic heterocycles. The molecule has 0 bridgehead atoms. The summed E-state index contributed by atoms with van der Waals surface area (Å²) in [7, 11) is -3.99. The fourth-order valence-corrected chi connectivity index (χ4v) is 6.12. The molecule has 2 heterocycles. The van der Waals surface area contributed by atoms with Gasteiger partial charge in [-0.25, -0.2) is 15.1 Å². The zero-order valence-electron chi connectivity index (χ0n) is 18.5. The van der Waals surface area contributed by atoms with Crippen LogP contribution in [0.1, 0.15) is 51.7 Å². The molecule has 0 saturated heterocycles. The first-order valence-electron chi connectivity index (χ1n) is 10.7. The third-order valence-corrected chi connectivity index (χ3v) is 8.22. The van der Waals surface area contributed by atoms with Crippen molar-refractivity contribution in [1.29, 1.82) is 0 Å². The SMILES string of the molecule is NS(=O)(=O)OC[C@@H]1CC[C@H](Nc2ncncc2C(=O)c2cc(C(O)c3cc(Cl)ccc3Cl)c(Cl)s2)C1. The standard InChI is InChI=1S/C22H21Cl3N4O5S2/c23-12-2-4-17(24)14(6-12)19(30)15-7-18(35-21(15)25)20(31)16-8-27-10-28-22(16)29-13-3-1-11(5-13)9-34-36(26,32)33/h2,4,6-8,10-11,13,19,30H,1,3,5,9H2,(H2,26,32,33)(H,27,28,29)/t11-,13+,19?/m1/s1. The van der Waals surface area contributed by atoms with E-state index in [-0.39, 0.29) is 39.1 Å². The minimum Gasteiger partial charge on any atom is -0.384 e. The number of aliphatic hydroxyl groups is 1. The average molecular weight is 592 g/mol. The third-order valence-electron chi connectivity index (χ3n) is 5.79. The van der Waals surface area contributed by atoms with Crippen molar-refractivity contribution < 1.29 is 22.5 Å². The predicted molar refractivity (Wildman–Crippen MR) is 139 cm³/mol. The van der Waals surface area contributed by atoms with E-state index in [1.807, 2.05) is 0 Å². The fraction of sp³-hybridized carbons (Fsp3) is 0.318. The second-order valence-electron chi connectivity index (χ2n) is 8.32. The fourth-order valence-electron chi connectivity index (χ4n) is 4.06. The van der Waals surface area contributed by atoms with Crippen LogP contribution in [-0.2, 0) is 14.5 Å². The lowest BCUT2D eigenvalue weighted by atomic mass is 10.0. The number of nitrogens with two attached hydrogens (primary N) is 1. The van der Waals surface area contributed by atoms with Crippen LogP contribution in [0.25, 0.3) is 0 Å². The quantitative estimate of drug-likeness (QED) is 0.306. The molecule has 3 aromatic rings. The molecule has 192 valence electrons. The van der Waals surface area contributed by atoms with Gasteiger partial charge in [-0.15, -0.1) is 11.3 Å². The maximum Gasteiger partial charge on any atom is 0.333 e. The number of hydrogen-bond donors (Lipinski definition) is 3. The van der Waals surface area contributed by atoms with Crippen LogP contribution in [0.2, 0.25) is 14.4 Å². The van der Waals surface area contributed by atoms with Crippen molar-refractivity contribution in [3.63, 3.8) is 0 Å². The Morgan fingerprint density at radius 3 is 2.78 bits per heavy atom. The highest BCUT2D eigenvalue weighted by Crippen LogP contribution is 2.39. The van der Waals surface area contributed by atoms with Crippen molar-refractivity contribution in [3.05, 3.63) is 72.7 Å². The number of nitrogens with zero attached hydrogens (tertiary/aromatic N) is 2. The van der Waals surface area contributed by atoms with Gasteiger partial charge in [0.05, 0.1) is 21.4 Å². The average Bonchev–Trinajstić information content (AvgIpc) is 3.44. The van der Waals surface area contributed by atoms with Gasteiger partial charge in [0.2, 0.25) is 5.78 Å². The Labute approximate surface area is 226 Å². The number of ketones is 1.